The van der Waals surface area contributed by atoms with Gasteiger partial charge >= 0.3 is 0 Å². The number of hydrogen-bond acceptors (Lipinski definition) is 4. The molecule has 0 fully saturated rings. The molecule has 0 atom stereocenters. The normalized spacial score (nSPS) is 11.1. The number of ether oxygens (including phenoxy) is 1. The molecule has 3 aromatic rings. The number of sulfonamides is 1. The van der Waals surface area contributed by atoms with Crippen molar-refractivity contribution in [3.05, 3.63) is 88.9 Å². The van der Waals surface area contributed by atoms with Crippen LogP contribution in [0.1, 0.15) is 15.9 Å². The maximum Gasteiger partial charge on any atom is 0.255 e. The van der Waals surface area contributed by atoms with E-state index in [1.165, 1.54) is 31.4 Å². The molecular formula is C21H19ClN2O4S. The van der Waals surface area contributed by atoms with Crippen LogP contribution in [0.25, 0.3) is 0 Å². The molecule has 1 amide bonds. The zero-order valence-corrected chi connectivity index (χ0v) is 17.1. The number of carbonyl (C=O) groups is 1. The zero-order valence-electron chi connectivity index (χ0n) is 15.6. The molecule has 0 aromatic heterocycles. The maximum absolute atomic E-state index is 12.6. The predicted octanol–water partition coefficient (Wildman–Crippen LogP) is 4.08. The number of methoxy groups -OCH3 is 1. The van der Waals surface area contributed by atoms with Gasteiger partial charge in [0.15, 0.2) is 0 Å². The lowest BCUT2D eigenvalue weighted by Crippen LogP contribution is -2.23. The molecule has 3 aromatic carbocycles. The summed E-state index contributed by atoms with van der Waals surface area (Å²) in [4.78, 5) is 12.5. The topological polar surface area (TPSA) is 84.5 Å². The van der Waals surface area contributed by atoms with Gasteiger partial charge in [-0.3, -0.25) is 4.79 Å². The summed E-state index contributed by atoms with van der Waals surface area (Å²) in [6.45, 7) is 0.157. The molecule has 6 nitrogen and oxygen atoms in total. The van der Waals surface area contributed by atoms with Crippen LogP contribution in [0.2, 0.25) is 5.02 Å². The first kappa shape index (κ1) is 20.9. The van der Waals surface area contributed by atoms with Crippen LogP contribution in [0.3, 0.4) is 0 Å². The maximum atomic E-state index is 12.6. The Kier molecular flexibility index (Phi) is 6.53. The molecule has 3 rings (SSSR count). The van der Waals surface area contributed by atoms with Crippen molar-refractivity contribution in [2.45, 2.75) is 11.4 Å². The Labute approximate surface area is 174 Å². The number of benzene rings is 3. The highest BCUT2D eigenvalue weighted by molar-refractivity contribution is 7.89. The lowest BCUT2D eigenvalue weighted by atomic mass is 10.2. The Morgan fingerprint density at radius 1 is 1.00 bits per heavy atom. The van der Waals surface area contributed by atoms with Gasteiger partial charge in [0.05, 0.1) is 17.0 Å². The van der Waals surface area contributed by atoms with Crippen LogP contribution >= 0.6 is 11.6 Å². The van der Waals surface area contributed by atoms with Crippen molar-refractivity contribution in [3.8, 4) is 5.75 Å². The van der Waals surface area contributed by atoms with Crippen LogP contribution in [0, 0.1) is 0 Å². The van der Waals surface area contributed by atoms with E-state index in [4.69, 9.17) is 16.3 Å². The fourth-order valence-electron chi connectivity index (χ4n) is 2.61. The molecule has 29 heavy (non-hydrogen) atoms. The second kappa shape index (κ2) is 9.09. The summed E-state index contributed by atoms with van der Waals surface area (Å²) in [7, 11) is -2.27. The number of hydrogen-bond donors (Lipinski definition) is 2. The van der Waals surface area contributed by atoms with E-state index in [0.717, 1.165) is 5.56 Å². The van der Waals surface area contributed by atoms with Crippen molar-refractivity contribution < 1.29 is 17.9 Å². The summed E-state index contributed by atoms with van der Waals surface area (Å²) in [6, 6.07) is 19.8. The average Bonchev–Trinajstić information content (AvgIpc) is 2.73. The van der Waals surface area contributed by atoms with Crippen molar-refractivity contribution in [3.63, 3.8) is 0 Å². The van der Waals surface area contributed by atoms with Gasteiger partial charge in [-0.1, -0.05) is 48.0 Å². The standard InChI is InChI=1S/C21H19ClN2O4S/c1-28-20-11-10-17(13-19(20)22)24-21(25)16-8-5-9-18(12-16)29(26,27)23-14-15-6-3-2-4-7-15/h2-13,23H,14H2,1H3,(H,24,25). The third-order valence-electron chi connectivity index (χ3n) is 4.13. The monoisotopic (exact) mass is 430 g/mol. The first-order valence-electron chi connectivity index (χ1n) is 8.67. The Morgan fingerprint density at radius 3 is 2.45 bits per heavy atom. The fourth-order valence-corrected chi connectivity index (χ4v) is 3.93. The summed E-state index contributed by atoms with van der Waals surface area (Å²) >= 11 is 6.07. The number of halogens is 1. The van der Waals surface area contributed by atoms with Gasteiger partial charge in [0, 0.05) is 17.8 Å². The van der Waals surface area contributed by atoms with Crippen molar-refractivity contribution in [2.24, 2.45) is 0 Å². The Balaban J connectivity index is 1.74. The van der Waals surface area contributed by atoms with E-state index < -0.39 is 15.9 Å². The molecule has 0 saturated heterocycles. The quantitative estimate of drug-likeness (QED) is 0.591. The highest BCUT2D eigenvalue weighted by atomic mass is 35.5. The molecule has 0 heterocycles. The van der Waals surface area contributed by atoms with E-state index in [9.17, 15) is 13.2 Å². The van der Waals surface area contributed by atoms with Crippen LogP contribution in [0.15, 0.2) is 77.7 Å². The molecule has 0 bridgehead atoms. The van der Waals surface area contributed by atoms with E-state index in [1.807, 2.05) is 30.3 Å². The third-order valence-corrected chi connectivity index (χ3v) is 5.82. The number of nitrogens with one attached hydrogen (secondary N) is 2. The molecule has 150 valence electrons. The molecular weight excluding hydrogens is 412 g/mol. The second-order valence-electron chi connectivity index (χ2n) is 6.14. The summed E-state index contributed by atoms with van der Waals surface area (Å²) in [5, 5.41) is 3.05. The van der Waals surface area contributed by atoms with Crippen molar-refractivity contribution >= 4 is 33.2 Å². The highest BCUT2D eigenvalue weighted by Gasteiger charge is 2.16. The summed E-state index contributed by atoms with van der Waals surface area (Å²) in [5.41, 5.74) is 1.51. The van der Waals surface area contributed by atoms with Gasteiger partial charge in [-0.05, 0) is 42.0 Å². The number of rotatable bonds is 7. The molecule has 0 aliphatic carbocycles. The lowest BCUT2D eigenvalue weighted by molar-refractivity contribution is 0.102. The molecule has 0 unspecified atom stereocenters. The zero-order chi connectivity index (χ0) is 20.9. The van der Waals surface area contributed by atoms with Crippen LogP contribution in [0.4, 0.5) is 5.69 Å². The van der Waals surface area contributed by atoms with Gasteiger partial charge < -0.3 is 10.1 Å². The summed E-state index contributed by atoms with van der Waals surface area (Å²) in [6.07, 6.45) is 0. The first-order chi connectivity index (χ1) is 13.9. The first-order valence-corrected chi connectivity index (χ1v) is 10.5. The molecule has 0 aliphatic rings. The number of carbonyl (C=O) groups excluding carboxylic acids is 1. The number of anilines is 1. The fraction of sp³-hybridized carbons (Fsp3) is 0.0952. The van der Waals surface area contributed by atoms with Crippen molar-refractivity contribution in [1.82, 2.24) is 4.72 Å². The van der Waals surface area contributed by atoms with Crippen LogP contribution in [-0.2, 0) is 16.6 Å². The van der Waals surface area contributed by atoms with Gasteiger partial charge in [-0.2, -0.15) is 0 Å². The van der Waals surface area contributed by atoms with E-state index in [2.05, 4.69) is 10.0 Å². The van der Waals surface area contributed by atoms with Crippen molar-refractivity contribution in [1.29, 1.82) is 0 Å². The van der Waals surface area contributed by atoms with Gasteiger partial charge in [0.1, 0.15) is 5.75 Å². The van der Waals surface area contributed by atoms with Crippen LogP contribution < -0.4 is 14.8 Å². The predicted molar refractivity (Wildman–Crippen MR) is 113 cm³/mol. The van der Waals surface area contributed by atoms with Crippen LogP contribution in [0.5, 0.6) is 5.75 Å². The van der Waals surface area contributed by atoms with E-state index in [1.54, 1.807) is 18.2 Å². The van der Waals surface area contributed by atoms with E-state index in [-0.39, 0.29) is 17.0 Å². The Hall–Kier alpha value is -2.87. The minimum Gasteiger partial charge on any atom is -0.495 e. The summed E-state index contributed by atoms with van der Waals surface area (Å²) in [5.74, 6) is 0.0357. The molecule has 0 radical (unpaired) electrons. The van der Waals surface area contributed by atoms with E-state index >= 15 is 0 Å². The van der Waals surface area contributed by atoms with Gasteiger partial charge in [0.2, 0.25) is 10.0 Å². The van der Waals surface area contributed by atoms with Gasteiger partial charge in [-0.25, -0.2) is 13.1 Å². The van der Waals surface area contributed by atoms with Gasteiger partial charge in [-0.15, -0.1) is 0 Å². The molecule has 0 spiro atoms. The van der Waals surface area contributed by atoms with Crippen molar-refractivity contribution in [2.75, 3.05) is 12.4 Å². The molecule has 0 saturated carbocycles. The Bertz CT molecular complexity index is 1120. The molecule has 0 aliphatic heterocycles. The Morgan fingerprint density at radius 2 is 1.76 bits per heavy atom. The van der Waals surface area contributed by atoms with Crippen LogP contribution in [-0.4, -0.2) is 21.4 Å². The minimum absolute atomic E-state index is 0.00819. The average molecular weight is 431 g/mol. The molecule has 8 heteroatoms. The number of amides is 1. The highest BCUT2D eigenvalue weighted by Crippen LogP contribution is 2.27. The minimum atomic E-state index is -3.77. The summed E-state index contributed by atoms with van der Waals surface area (Å²) < 4.78 is 32.8. The lowest BCUT2D eigenvalue weighted by Gasteiger charge is -2.10. The third kappa shape index (κ3) is 5.35. The molecule has 2 N–H and O–H groups in total. The largest absolute Gasteiger partial charge is 0.495 e. The SMILES string of the molecule is COc1ccc(NC(=O)c2cccc(S(=O)(=O)NCc3ccccc3)c2)cc1Cl. The van der Waals surface area contributed by atoms with E-state index in [0.29, 0.717) is 16.5 Å². The van der Waals surface area contributed by atoms with Gasteiger partial charge in [0.25, 0.3) is 5.91 Å². The smallest absolute Gasteiger partial charge is 0.255 e. The second-order valence-corrected chi connectivity index (χ2v) is 8.32.